The minimum atomic E-state index is 0.604. The van der Waals surface area contributed by atoms with Crippen LogP contribution in [0.15, 0.2) is 158 Å². The Kier molecular flexibility index (Phi) is 6.22. The molecule has 7 aromatic carbocycles. The van der Waals surface area contributed by atoms with Crippen molar-refractivity contribution in [1.82, 2.24) is 9.13 Å². The largest absolute Gasteiger partial charge is 0.310 e. The molecule has 9 aromatic rings. The number of hydrogen-bond donors (Lipinski definition) is 0. The first kappa shape index (κ1) is 27.4. The van der Waals surface area contributed by atoms with E-state index in [4.69, 9.17) is 6.57 Å². The van der Waals surface area contributed by atoms with Crippen LogP contribution in [0.5, 0.6) is 0 Å². The highest BCUT2D eigenvalue weighted by Gasteiger charge is 2.20. The van der Waals surface area contributed by atoms with E-state index < -0.39 is 0 Å². The van der Waals surface area contributed by atoms with Crippen LogP contribution >= 0.6 is 0 Å². The van der Waals surface area contributed by atoms with E-state index in [-0.39, 0.29) is 0 Å². The summed E-state index contributed by atoms with van der Waals surface area (Å²) >= 11 is 0. The number of rotatable bonds is 4. The second-order valence-corrected chi connectivity index (χ2v) is 11.9. The normalized spacial score (nSPS) is 11.3. The molecule has 0 fully saturated rings. The van der Waals surface area contributed by atoms with Crippen molar-refractivity contribution in [3.8, 4) is 39.7 Å². The lowest BCUT2D eigenvalue weighted by atomic mass is 9.91. The number of hydrogen-bond acceptors (Lipinski definition) is 1. The van der Waals surface area contributed by atoms with Gasteiger partial charge in [-0.1, -0.05) is 103 Å². The third kappa shape index (κ3) is 4.07. The summed E-state index contributed by atoms with van der Waals surface area (Å²) in [4.78, 5) is 3.88. The van der Waals surface area contributed by atoms with Crippen molar-refractivity contribution in [2.75, 3.05) is 0 Å². The number of aromatic nitrogens is 2. The predicted molar refractivity (Wildman–Crippen MR) is 197 cm³/mol. The highest BCUT2D eigenvalue weighted by molar-refractivity contribution is 6.15. The summed E-state index contributed by atoms with van der Waals surface area (Å²) in [7, 11) is 0. The molecule has 48 heavy (non-hydrogen) atoms. The lowest BCUT2D eigenvalue weighted by molar-refractivity contribution is 1.18. The standard InChI is InChI=1S/C44H26N4/c1-46-38-18-11-23-43-44(38)36-17-5-9-22-42(36)48(43)41-21-8-2-14-33(41)32-25-24-29(28-45)26-37(32)30-12-10-13-31(27-30)47-39-19-6-3-15-34(39)35-16-4-7-20-40(35)47/h2-27H. The average Bonchev–Trinajstić information content (AvgIpc) is 3.68. The first-order chi connectivity index (χ1) is 23.7. The molecule has 4 heteroatoms. The van der Waals surface area contributed by atoms with Crippen LogP contribution in [0.4, 0.5) is 5.69 Å². The molecule has 0 aliphatic rings. The van der Waals surface area contributed by atoms with Gasteiger partial charge >= 0.3 is 0 Å². The summed E-state index contributed by atoms with van der Waals surface area (Å²) in [6.07, 6.45) is 0. The molecule has 2 heterocycles. The molecule has 0 unspecified atom stereocenters. The highest BCUT2D eigenvalue weighted by atomic mass is 15.0. The zero-order chi connectivity index (χ0) is 32.2. The second-order valence-electron chi connectivity index (χ2n) is 11.9. The minimum Gasteiger partial charge on any atom is -0.310 e. The summed E-state index contributed by atoms with van der Waals surface area (Å²) in [5, 5.41) is 14.5. The van der Waals surface area contributed by atoms with E-state index in [9.17, 15) is 5.26 Å². The first-order valence-electron chi connectivity index (χ1n) is 15.9. The van der Waals surface area contributed by atoms with Gasteiger partial charge in [-0.2, -0.15) is 5.26 Å². The number of para-hydroxylation sites is 4. The molecule has 4 nitrogen and oxygen atoms in total. The molecule has 0 bridgehead atoms. The molecule has 0 amide bonds. The van der Waals surface area contributed by atoms with E-state index in [1.165, 1.54) is 10.8 Å². The first-order valence-corrected chi connectivity index (χ1v) is 15.9. The number of fused-ring (bicyclic) bond motifs is 6. The van der Waals surface area contributed by atoms with Gasteiger partial charge in [0, 0.05) is 32.9 Å². The van der Waals surface area contributed by atoms with Crippen molar-refractivity contribution in [3.05, 3.63) is 175 Å². The maximum atomic E-state index is 10.0. The van der Waals surface area contributed by atoms with Gasteiger partial charge in [0.05, 0.1) is 40.4 Å². The van der Waals surface area contributed by atoms with Crippen molar-refractivity contribution in [2.45, 2.75) is 0 Å². The monoisotopic (exact) mass is 610 g/mol. The topological polar surface area (TPSA) is 38.0 Å². The van der Waals surface area contributed by atoms with Gasteiger partial charge in [-0.15, -0.1) is 0 Å². The fraction of sp³-hybridized carbons (Fsp3) is 0. The molecule has 2 aromatic heterocycles. The summed E-state index contributed by atoms with van der Waals surface area (Å²) in [6.45, 7) is 7.90. The average molecular weight is 611 g/mol. The highest BCUT2D eigenvalue weighted by Crippen LogP contribution is 2.42. The van der Waals surface area contributed by atoms with Gasteiger partial charge in [0.15, 0.2) is 5.69 Å². The van der Waals surface area contributed by atoms with Gasteiger partial charge < -0.3 is 9.13 Å². The predicted octanol–water partition coefficient (Wildman–Crippen LogP) is 11.6. The zero-order valence-corrected chi connectivity index (χ0v) is 25.8. The Bertz CT molecular complexity index is 2760. The number of nitriles is 1. The fourth-order valence-electron chi connectivity index (χ4n) is 7.35. The van der Waals surface area contributed by atoms with Crippen molar-refractivity contribution >= 4 is 49.3 Å². The molecule has 0 saturated carbocycles. The van der Waals surface area contributed by atoms with Crippen molar-refractivity contribution in [2.24, 2.45) is 0 Å². The maximum Gasteiger partial charge on any atom is 0.197 e. The molecule has 0 N–H and O–H groups in total. The van der Waals surface area contributed by atoms with E-state index in [0.29, 0.717) is 11.3 Å². The lowest BCUT2D eigenvalue weighted by Crippen LogP contribution is -1.99. The van der Waals surface area contributed by atoms with Crippen LogP contribution < -0.4 is 0 Å². The van der Waals surface area contributed by atoms with E-state index in [2.05, 4.69) is 141 Å². The van der Waals surface area contributed by atoms with Crippen LogP contribution in [-0.2, 0) is 0 Å². The third-order valence-corrected chi connectivity index (χ3v) is 9.38. The van der Waals surface area contributed by atoms with Crippen molar-refractivity contribution < 1.29 is 0 Å². The number of nitrogens with zero attached hydrogens (tertiary/aromatic N) is 4. The van der Waals surface area contributed by atoms with Gasteiger partial charge in [0.1, 0.15) is 0 Å². The smallest absolute Gasteiger partial charge is 0.197 e. The molecule has 222 valence electrons. The van der Waals surface area contributed by atoms with E-state index in [0.717, 1.165) is 66.5 Å². The number of benzene rings is 7. The third-order valence-electron chi connectivity index (χ3n) is 9.38. The van der Waals surface area contributed by atoms with Gasteiger partial charge in [0.25, 0.3) is 0 Å². The molecular weight excluding hydrogens is 585 g/mol. The Hall–Kier alpha value is -6.88. The SMILES string of the molecule is [C-]#[N+]c1cccc2c1c1ccccc1n2-c1ccccc1-c1ccc(C#N)cc1-c1cccc(-n2c3ccccc3c3ccccc32)c1. The van der Waals surface area contributed by atoms with Crippen LogP contribution in [0.3, 0.4) is 0 Å². The molecule has 0 atom stereocenters. The van der Waals surface area contributed by atoms with Crippen molar-refractivity contribution in [1.29, 1.82) is 5.26 Å². The molecule has 0 radical (unpaired) electrons. The fourth-order valence-corrected chi connectivity index (χ4v) is 7.35. The Morgan fingerprint density at radius 1 is 0.500 bits per heavy atom. The van der Waals surface area contributed by atoms with Crippen LogP contribution in [0, 0.1) is 17.9 Å². The molecule has 0 aliphatic heterocycles. The molecule has 0 aliphatic carbocycles. The van der Waals surface area contributed by atoms with E-state index in [1.54, 1.807) is 0 Å². The molecule has 0 spiro atoms. The second kappa shape index (κ2) is 10.9. The van der Waals surface area contributed by atoms with Crippen LogP contribution in [-0.4, -0.2) is 9.13 Å². The Balaban J connectivity index is 1.30. The quantitative estimate of drug-likeness (QED) is 0.183. The summed E-state index contributed by atoms with van der Waals surface area (Å²) < 4.78 is 4.59. The summed E-state index contributed by atoms with van der Waals surface area (Å²) in [6, 6.07) is 56.6. The van der Waals surface area contributed by atoms with Crippen LogP contribution in [0.1, 0.15) is 5.56 Å². The van der Waals surface area contributed by atoms with Gasteiger partial charge in [0.2, 0.25) is 0 Å². The van der Waals surface area contributed by atoms with E-state index >= 15 is 0 Å². The molecule has 9 rings (SSSR count). The van der Waals surface area contributed by atoms with Gasteiger partial charge in [-0.05, 0) is 76.7 Å². The minimum absolute atomic E-state index is 0.604. The van der Waals surface area contributed by atoms with E-state index in [1.807, 2.05) is 36.4 Å². The summed E-state index contributed by atoms with van der Waals surface area (Å²) in [5.41, 5.74) is 11.7. The molecular formula is C44H26N4. The summed E-state index contributed by atoms with van der Waals surface area (Å²) in [5.74, 6) is 0. The van der Waals surface area contributed by atoms with Crippen molar-refractivity contribution in [3.63, 3.8) is 0 Å². The maximum absolute atomic E-state index is 10.0. The van der Waals surface area contributed by atoms with Crippen LogP contribution in [0.25, 0.3) is 82.1 Å². The van der Waals surface area contributed by atoms with Gasteiger partial charge in [-0.25, -0.2) is 4.85 Å². The molecule has 0 saturated heterocycles. The van der Waals surface area contributed by atoms with Crippen LogP contribution in [0.2, 0.25) is 0 Å². The van der Waals surface area contributed by atoms with Gasteiger partial charge in [-0.3, -0.25) is 0 Å². The Morgan fingerprint density at radius 3 is 1.85 bits per heavy atom. The Labute approximate surface area is 277 Å². The lowest BCUT2D eigenvalue weighted by Gasteiger charge is -2.18. The zero-order valence-electron chi connectivity index (χ0n) is 25.8. The Morgan fingerprint density at radius 2 is 1.12 bits per heavy atom.